The summed E-state index contributed by atoms with van der Waals surface area (Å²) in [6.07, 6.45) is 5.86. The van der Waals surface area contributed by atoms with E-state index in [1.807, 2.05) is 55.4 Å². The Kier molecular flexibility index (Phi) is 7.41. The Labute approximate surface area is 204 Å². The van der Waals surface area contributed by atoms with Crippen molar-refractivity contribution in [1.29, 1.82) is 0 Å². The first kappa shape index (κ1) is 24.0. The van der Waals surface area contributed by atoms with Crippen LogP contribution < -0.4 is 21.7 Å². The Bertz CT molecular complexity index is 1190. The molecular formula is C25H30N8O2. The van der Waals surface area contributed by atoms with Gasteiger partial charge in [-0.2, -0.15) is 0 Å². The van der Waals surface area contributed by atoms with E-state index in [0.717, 1.165) is 24.2 Å². The lowest BCUT2D eigenvalue weighted by molar-refractivity contribution is 0.100. The molecule has 1 aliphatic heterocycles. The van der Waals surface area contributed by atoms with E-state index in [4.69, 9.17) is 5.73 Å². The van der Waals surface area contributed by atoms with E-state index in [2.05, 4.69) is 30.8 Å². The van der Waals surface area contributed by atoms with Gasteiger partial charge in [0.2, 0.25) is 0 Å². The topological polar surface area (TPSA) is 129 Å². The molecule has 0 spiro atoms. The quantitative estimate of drug-likeness (QED) is 0.395. The highest BCUT2D eigenvalue weighted by molar-refractivity contribution is 5.98. The molecule has 0 radical (unpaired) electrons. The Balaban J connectivity index is 1.43. The van der Waals surface area contributed by atoms with Gasteiger partial charge < -0.3 is 31.5 Å². The van der Waals surface area contributed by atoms with E-state index in [-0.39, 0.29) is 6.03 Å². The van der Waals surface area contributed by atoms with Gasteiger partial charge in [0.1, 0.15) is 5.82 Å². The predicted molar refractivity (Wildman–Crippen MR) is 137 cm³/mol. The fourth-order valence-electron chi connectivity index (χ4n) is 3.94. The fraction of sp³-hybridized carbons (Fsp3) is 0.280. The van der Waals surface area contributed by atoms with Gasteiger partial charge in [0.05, 0.1) is 11.3 Å². The summed E-state index contributed by atoms with van der Waals surface area (Å²) >= 11 is 0. The van der Waals surface area contributed by atoms with E-state index in [9.17, 15) is 9.59 Å². The lowest BCUT2D eigenvalue weighted by atomic mass is 10.2. The third kappa shape index (κ3) is 6.24. The van der Waals surface area contributed by atoms with E-state index in [1.54, 1.807) is 18.5 Å². The minimum absolute atomic E-state index is 0.114. The minimum Gasteiger partial charge on any atom is -0.380 e. The average Bonchev–Trinajstić information content (AvgIpc) is 3.35. The van der Waals surface area contributed by atoms with Gasteiger partial charge in [-0.15, -0.1) is 0 Å². The molecule has 1 atom stereocenters. The average molecular weight is 475 g/mol. The predicted octanol–water partition coefficient (Wildman–Crippen LogP) is 3.10. The molecule has 1 aromatic carbocycles. The maximum absolute atomic E-state index is 12.7. The molecule has 1 aliphatic rings. The molecule has 10 heteroatoms. The number of aromatic nitrogens is 2. The molecule has 10 nitrogen and oxygen atoms in total. The number of amides is 3. The number of pyridine rings is 2. The third-order valence-corrected chi connectivity index (χ3v) is 5.94. The number of nitrogens with two attached hydrogens (primary N) is 1. The Morgan fingerprint density at radius 3 is 2.69 bits per heavy atom. The Morgan fingerprint density at radius 2 is 1.97 bits per heavy atom. The standard InChI is InChI=1S/C25H30N8O2/c1-32(2)20-8-10-33(16-20)25(35)31-19-7-3-6-18(11-19)30-23-12-22(21(15-29-23)24(26)34)28-14-17-5-4-9-27-13-17/h3-7,9,11-13,15,20H,8,10,14,16H2,1-2H3,(H2,26,34)(H,31,35)(H2,28,29,30)/t20-/m1/s1. The number of likely N-dealkylation sites (tertiary alicyclic amines) is 1. The number of rotatable bonds is 8. The lowest BCUT2D eigenvalue weighted by Crippen LogP contribution is -2.36. The van der Waals surface area contributed by atoms with Crippen molar-refractivity contribution in [3.63, 3.8) is 0 Å². The lowest BCUT2D eigenvalue weighted by Gasteiger charge is -2.21. The van der Waals surface area contributed by atoms with Crippen LogP contribution in [0.15, 0.2) is 61.1 Å². The van der Waals surface area contributed by atoms with Crippen LogP contribution >= 0.6 is 0 Å². The Morgan fingerprint density at radius 1 is 1.14 bits per heavy atom. The summed E-state index contributed by atoms with van der Waals surface area (Å²) in [5.41, 5.74) is 8.77. The number of carbonyl (C=O) groups excluding carboxylic acids is 2. The van der Waals surface area contributed by atoms with E-state index in [1.165, 1.54) is 6.20 Å². The normalized spacial score (nSPS) is 15.2. The van der Waals surface area contributed by atoms with Gasteiger partial charge in [0, 0.05) is 61.7 Å². The van der Waals surface area contributed by atoms with Crippen LogP contribution in [0.1, 0.15) is 22.3 Å². The van der Waals surface area contributed by atoms with Crippen molar-refractivity contribution >= 4 is 34.8 Å². The van der Waals surface area contributed by atoms with Crippen molar-refractivity contribution < 1.29 is 9.59 Å². The van der Waals surface area contributed by atoms with Gasteiger partial charge in [0.25, 0.3) is 5.91 Å². The molecule has 4 rings (SSSR count). The van der Waals surface area contributed by atoms with Crippen molar-refractivity contribution in [1.82, 2.24) is 19.8 Å². The van der Waals surface area contributed by atoms with Crippen molar-refractivity contribution in [3.8, 4) is 0 Å². The number of benzene rings is 1. The van der Waals surface area contributed by atoms with Crippen LogP contribution in [0.5, 0.6) is 0 Å². The van der Waals surface area contributed by atoms with Gasteiger partial charge in [-0.3, -0.25) is 9.78 Å². The molecule has 0 bridgehead atoms. The number of carbonyl (C=O) groups is 2. The van der Waals surface area contributed by atoms with Crippen LogP contribution in [-0.2, 0) is 6.54 Å². The summed E-state index contributed by atoms with van der Waals surface area (Å²) < 4.78 is 0. The fourth-order valence-corrected chi connectivity index (χ4v) is 3.94. The van der Waals surface area contributed by atoms with Gasteiger partial charge in [-0.05, 0) is 50.3 Å². The minimum atomic E-state index is -0.569. The number of nitrogens with one attached hydrogen (secondary N) is 3. The van der Waals surface area contributed by atoms with Crippen molar-refractivity contribution in [2.45, 2.75) is 19.0 Å². The highest BCUT2D eigenvalue weighted by atomic mass is 16.2. The zero-order valence-corrected chi connectivity index (χ0v) is 19.9. The smallest absolute Gasteiger partial charge is 0.321 e. The molecule has 5 N–H and O–H groups in total. The number of primary amides is 1. The van der Waals surface area contributed by atoms with E-state index < -0.39 is 5.91 Å². The molecule has 2 aromatic heterocycles. The molecule has 1 saturated heterocycles. The Hall–Kier alpha value is -4.18. The summed E-state index contributed by atoms with van der Waals surface area (Å²) in [5.74, 6) is -0.0404. The second-order valence-electron chi connectivity index (χ2n) is 8.68. The molecule has 3 heterocycles. The molecule has 0 aliphatic carbocycles. The molecule has 0 saturated carbocycles. The number of anilines is 4. The summed E-state index contributed by atoms with van der Waals surface area (Å²) in [4.78, 5) is 37.0. The van der Waals surface area contributed by atoms with E-state index in [0.29, 0.717) is 41.9 Å². The molecule has 35 heavy (non-hydrogen) atoms. The summed E-state index contributed by atoms with van der Waals surface area (Å²) in [7, 11) is 4.07. The molecule has 3 aromatic rings. The molecule has 3 amide bonds. The van der Waals surface area contributed by atoms with Gasteiger partial charge in [0.15, 0.2) is 0 Å². The van der Waals surface area contributed by atoms with Gasteiger partial charge in [-0.1, -0.05) is 12.1 Å². The van der Waals surface area contributed by atoms with Crippen LogP contribution in [-0.4, -0.2) is 64.9 Å². The SMILES string of the molecule is CN(C)[C@@H]1CCN(C(=O)Nc2cccc(Nc3cc(NCc4cccnc4)c(C(N)=O)cn3)c2)C1. The first-order chi connectivity index (χ1) is 16.9. The van der Waals surface area contributed by atoms with Crippen molar-refractivity contribution in [2.75, 3.05) is 43.1 Å². The largest absolute Gasteiger partial charge is 0.380 e. The highest BCUT2D eigenvalue weighted by Gasteiger charge is 2.27. The molecule has 0 unspecified atom stereocenters. The number of hydrogen-bond acceptors (Lipinski definition) is 7. The van der Waals surface area contributed by atoms with Crippen LogP contribution in [0.4, 0.5) is 27.7 Å². The molecule has 182 valence electrons. The van der Waals surface area contributed by atoms with Crippen LogP contribution in [0, 0.1) is 0 Å². The van der Waals surface area contributed by atoms with Crippen LogP contribution in [0.2, 0.25) is 0 Å². The molecular weight excluding hydrogens is 444 g/mol. The van der Waals surface area contributed by atoms with E-state index >= 15 is 0 Å². The summed E-state index contributed by atoms with van der Waals surface area (Å²) in [6.45, 7) is 1.92. The van der Waals surface area contributed by atoms with Crippen molar-refractivity contribution in [3.05, 3.63) is 72.2 Å². The second-order valence-corrected chi connectivity index (χ2v) is 8.68. The second kappa shape index (κ2) is 10.8. The number of nitrogens with zero attached hydrogens (tertiary/aromatic N) is 4. The first-order valence-corrected chi connectivity index (χ1v) is 11.4. The van der Waals surface area contributed by atoms with Gasteiger partial charge >= 0.3 is 6.03 Å². The highest BCUT2D eigenvalue weighted by Crippen LogP contribution is 2.24. The third-order valence-electron chi connectivity index (χ3n) is 5.94. The maximum Gasteiger partial charge on any atom is 0.321 e. The van der Waals surface area contributed by atoms with Crippen LogP contribution in [0.3, 0.4) is 0 Å². The summed E-state index contributed by atoms with van der Waals surface area (Å²) in [5, 5.41) is 9.43. The molecule has 1 fully saturated rings. The zero-order valence-electron chi connectivity index (χ0n) is 19.9. The maximum atomic E-state index is 12.7. The van der Waals surface area contributed by atoms with Crippen LogP contribution in [0.25, 0.3) is 0 Å². The first-order valence-electron chi connectivity index (χ1n) is 11.4. The number of urea groups is 1. The monoisotopic (exact) mass is 474 g/mol. The number of hydrogen-bond donors (Lipinski definition) is 4. The zero-order chi connectivity index (χ0) is 24.8. The van der Waals surface area contributed by atoms with Gasteiger partial charge in [-0.25, -0.2) is 9.78 Å². The number of likely N-dealkylation sites (N-methyl/N-ethyl adjacent to an activating group) is 1. The summed E-state index contributed by atoms with van der Waals surface area (Å²) in [6, 6.07) is 13.2. The van der Waals surface area contributed by atoms with Crippen molar-refractivity contribution in [2.24, 2.45) is 5.73 Å².